The molecule has 0 aliphatic heterocycles. The maximum atomic E-state index is 12.2. The van der Waals surface area contributed by atoms with Gasteiger partial charge in [-0.2, -0.15) is 0 Å². The van der Waals surface area contributed by atoms with Crippen molar-refractivity contribution in [2.75, 3.05) is 19.5 Å². The minimum atomic E-state index is -0.0648. The molecule has 7 heteroatoms. The molecule has 0 fully saturated rings. The van der Waals surface area contributed by atoms with E-state index in [1.807, 2.05) is 54.8 Å². The van der Waals surface area contributed by atoms with E-state index in [0.29, 0.717) is 0 Å². The van der Waals surface area contributed by atoms with Crippen molar-refractivity contribution in [2.45, 2.75) is 23.4 Å². The van der Waals surface area contributed by atoms with Crippen molar-refractivity contribution < 1.29 is 14.3 Å². The van der Waals surface area contributed by atoms with Gasteiger partial charge < -0.3 is 14.8 Å². The van der Waals surface area contributed by atoms with Crippen molar-refractivity contribution in [2.24, 2.45) is 0 Å². The molecule has 28 heavy (non-hydrogen) atoms. The molecule has 1 N–H and O–H groups in total. The zero-order chi connectivity index (χ0) is 19.9. The van der Waals surface area contributed by atoms with E-state index in [0.717, 1.165) is 44.1 Å². The first-order valence-corrected chi connectivity index (χ1v) is 10.6. The van der Waals surface area contributed by atoms with Gasteiger partial charge in [0.25, 0.3) is 0 Å². The Balaban J connectivity index is 1.56. The van der Waals surface area contributed by atoms with E-state index in [2.05, 4.69) is 10.3 Å². The minimum Gasteiger partial charge on any atom is -0.497 e. The average molecular weight is 415 g/mol. The number of nitrogens with one attached hydrogen (secondary N) is 1. The highest BCUT2D eigenvalue weighted by Crippen LogP contribution is 2.30. The smallest absolute Gasteiger partial charge is 0.230 e. The Morgan fingerprint density at radius 3 is 2.57 bits per heavy atom. The standard InChI is InChI=1S/C21H22N2O3S2/c1-14-5-4-6-16(7-14)22-20(24)10-17-13-28-21(23-17)27-12-15-8-18(25-2)11-19(9-15)26-3/h4-9,11,13H,10,12H2,1-3H3,(H,22,24). The lowest BCUT2D eigenvalue weighted by Gasteiger charge is -2.07. The van der Waals surface area contributed by atoms with Gasteiger partial charge in [0.15, 0.2) is 0 Å². The van der Waals surface area contributed by atoms with Crippen molar-refractivity contribution >= 4 is 34.7 Å². The zero-order valence-corrected chi connectivity index (χ0v) is 17.7. The van der Waals surface area contributed by atoms with Crippen LogP contribution < -0.4 is 14.8 Å². The third-order valence-electron chi connectivity index (χ3n) is 3.95. The topological polar surface area (TPSA) is 60.5 Å². The van der Waals surface area contributed by atoms with Crippen LogP contribution >= 0.6 is 23.1 Å². The monoisotopic (exact) mass is 414 g/mol. The summed E-state index contributed by atoms with van der Waals surface area (Å²) in [4.78, 5) is 16.8. The van der Waals surface area contributed by atoms with Gasteiger partial charge in [0.1, 0.15) is 15.8 Å². The summed E-state index contributed by atoms with van der Waals surface area (Å²) in [6, 6.07) is 13.6. The fourth-order valence-electron chi connectivity index (χ4n) is 2.62. The molecule has 146 valence electrons. The fraction of sp³-hybridized carbons (Fsp3) is 0.238. The summed E-state index contributed by atoms with van der Waals surface area (Å²) in [5.74, 6) is 2.21. The largest absolute Gasteiger partial charge is 0.497 e. The highest BCUT2D eigenvalue weighted by Gasteiger charge is 2.10. The van der Waals surface area contributed by atoms with E-state index in [4.69, 9.17) is 9.47 Å². The number of amides is 1. The zero-order valence-electron chi connectivity index (χ0n) is 16.0. The lowest BCUT2D eigenvalue weighted by molar-refractivity contribution is -0.115. The molecular weight excluding hydrogens is 392 g/mol. The number of thiazole rings is 1. The summed E-state index contributed by atoms with van der Waals surface area (Å²) in [7, 11) is 3.28. The molecule has 0 saturated carbocycles. The van der Waals surface area contributed by atoms with Gasteiger partial charge in [-0.1, -0.05) is 23.9 Å². The summed E-state index contributed by atoms with van der Waals surface area (Å²) >= 11 is 3.18. The third kappa shape index (κ3) is 5.74. The predicted octanol–water partition coefficient (Wildman–Crippen LogP) is 4.94. The molecule has 0 aliphatic rings. The van der Waals surface area contributed by atoms with Crippen LogP contribution in [0.1, 0.15) is 16.8 Å². The summed E-state index contributed by atoms with van der Waals surface area (Å²) in [6.45, 7) is 2.00. The van der Waals surface area contributed by atoms with Gasteiger partial charge in [-0.3, -0.25) is 4.79 Å². The summed E-state index contributed by atoms with van der Waals surface area (Å²) in [6.07, 6.45) is 0.262. The highest BCUT2D eigenvalue weighted by atomic mass is 32.2. The number of benzene rings is 2. The second-order valence-electron chi connectivity index (χ2n) is 6.21. The first-order chi connectivity index (χ1) is 13.6. The molecule has 1 amide bonds. The van der Waals surface area contributed by atoms with Crippen LogP contribution in [-0.2, 0) is 17.0 Å². The van der Waals surface area contributed by atoms with Crippen molar-refractivity contribution in [3.05, 3.63) is 64.7 Å². The van der Waals surface area contributed by atoms with Gasteiger partial charge in [-0.15, -0.1) is 11.3 Å². The van der Waals surface area contributed by atoms with Gasteiger partial charge in [0.05, 0.1) is 26.3 Å². The third-order valence-corrected chi connectivity index (χ3v) is 6.09. The van der Waals surface area contributed by atoms with E-state index >= 15 is 0 Å². The van der Waals surface area contributed by atoms with Crippen LogP contribution in [0.25, 0.3) is 0 Å². The minimum absolute atomic E-state index is 0.0648. The molecule has 2 aromatic carbocycles. The van der Waals surface area contributed by atoms with E-state index in [1.54, 1.807) is 37.3 Å². The fourth-order valence-corrected chi connectivity index (χ4v) is 4.40. The molecule has 0 radical (unpaired) electrons. The van der Waals surface area contributed by atoms with Crippen LogP contribution in [0.15, 0.2) is 52.2 Å². The molecule has 0 saturated heterocycles. The van der Waals surface area contributed by atoms with Crippen LogP contribution in [0.2, 0.25) is 0 Å². The normalized spacial score (nSPS) is 10.5. The van der Waals surface area contributed by atoms with Gasteiger partial charge in [0, 0.05) is 22.9 Å². The molecule has 0 atom stereocenters. The van der Waals surface area contributed by atoms with Gasteiger partial charge >= 0.3 is 0 Å². The van der Waals surface area contributed by atoms with E-state index < -0.39 is 0 Å². The maximum absolute atomic E-state index is 12.2. The second-order valence-corrected chi connectivity index (χ2v) is 8.29. The van der Waals surface area contributed by atoms with Gasteiger partial charge in [0.2, 0.25) is 5.91 Å². The molecule has 0 spiro atoms. The molecule has 1 heterocycles. The van der Waals surface area contributed by atoms with Gasteiger partial charge in [-0.05, 0) is 42.3 Å². The average Bonchev–Trinajstić information content (AvgIpc) is 3.13. The van der Waals surface area contributed by atoms with E-state index in [-0.39, 0.29) is 12.3 Å². The summed E-state index contributed by atoms with van der Waals surface area (Å²) in [5, 5.41) is 4.85. The molecule has 0 bridgehead atoms. The summed E-state index contributed by atoms with van der Waals surface area (Å²) in [5.41, 5.74) is 3.79. The lowest BCUT2D eigenvalue weighted by atomic mass is 10.2. The number of anilines is 1. The lowest BCUT2D eigenvalue weighted by Crippen LogP contribution is -2.14. The Bertz CT molecular complexity index is 934. The van der Waals surface area contributed by atoms with Crippen molar-refractivity contribution in [1.29, 1.82) is 0 Å². The van der Waals surface area contributed by atoms with E-state index in [9.17, 15) is 4.79 Å². The Morgan fingerprint density at radius 2 is 1.89 bits per heavy atom. The molecule has 3 aromatic rings. The van der Waals surface area contributed by atoms with Crippen molar-refractivity contribution in [3.8, 4) is 11.5 Å². The molecule has 5 nitrogen and oxygen atoms in total. The van der Waals surface area contributed by atoms with E-state index in [1.165, 1.54) is 0 Å². The van der Waals surface area contributed by atoms with Crippen LogP contribution in [0.4, 0.5) is 5.69 Å². The number of aromatic nitrogens is 1. The number of aryl methyl sites for hydroxylation is 1. The SMILES string of the molecule is COc1cc(CSc2nc(CC(=O)Nc3cccc(C)c3)cs2)cc(OC)c1. The van der Waals surface area contributed by atoms with Crippen LogP contribution in [-0.4, -0.2) is 25.1 Å². The highest BCUT2D eigenvalue weighted by molar-refractivity contribution is 8.00. The van der Waals surface area contributed by atoms with Crippen LogP contribution in [0, 0.1) is 6.92 Å². The van der Waals surface area contributed by atoms with Crippen molar-refractivity contribution in [3.63, 3.8) is 0 Å². The number of carbonyl (C=O) groups excluding carboxylic acids is 1. The predicted molar refractivity (Wildman–Crippen MR) is 115 cm³/mol. The summed E-state index contributed by atoms with van der Waals surface area (Å²) < 4.78 is 11.5. The molecular formula is C21H22N2O3S2. The number of ether oxygens (including phenoxy) is 2. The number of methoxy groups -OCH3 is 2. The second kappa shape index (κ2) is 9.61. The Morgan fingerprint density at radius 1 is 1.14 bits per heavy atom. The molecule has 0 unspecified atom stereocenters. The Labute approximate surface area is 173 Å². The van der Waals surface area contributed by atoms with Crippen LogP contribution in [0.3, 0.4) is 0 Å². The number of carbonyl (C=O) groups is 1. The number of nitrogens with zero attached hydrogens (tertiary/aromatic N) is 1. The number of rotatable bonds is 8. The number of hydrogen-bond donors (Lipinski definition) is 1. The molecule has 1 aromatic heterocycles. The van der Waals surface area contributed by atoms with Gasteiger partial charge in [-0.25, -0.2) is 4.98 Å². The quantitative estimate of drug-likeness (QED) is 0.529. The maximum Gasteiger partial charge on any atom is 0.230 e. The first kappa shape index (κ1) is 20.2. The number of thioether (sulfide) groups is 1. The first-order valence-electron chi connectivity index (χ1n) is 8.71. The Kier molecular flexibility index (Phi) is 6.95. The molecule has 0 aliphatic carbocycles. The number of hydrogen-bond acceptors (Lipinski definition) is 6. The Hall–Kier alpha value is -2.51. The van der Waals surface area contributed by atoms with Crippen molar-refractivity contribution in [1.82, 2.24) is 4.98 Å². The molecule has 3 rings (SSSR count). The van der Waals surface area contributed by atoms with Crippen LogP contribution in [0.5, 0.6) is 11.5 Å².